The lowest BCUT2D eigenvalue weighted by molar-refractivity contribution is 0.600. The molecule has 0 amide bonds. The van der Waals surface area contributed by atoms with E-state index in [-0.39, 0.29) is 10.0 Å². The summed E-state index contributed by atoms with van der Waals surface area (Å²) in [6.07, 6.45) is 0.769. The molecule has 1 heterocycles. The first kappa shape index (κ1) is 16.2. The maximum absolute atomic E-state index is 12.3. The molecule has 0 aliphatic carbocycles. The lowest BCUT2D eigenvalue weighted by Gasteiger charge is -2.07. The minimum Gasteiger partial charge on any atom is -0.399 e. The summed E-state index contributed by atoms with van der Waals surface area (Å²) in [6.45, 7) is 4.13. The molecule has 1 aromatic heterocycles. The van der Waals surface area contributed by atoms with Crippen molar-refractivity contribution in [1.82, 2.24) is 10.2 Å². The average molecular weight is 391 g/mol. The molecular weight excluding hydrogens is 376 g/mol. The van der Waals surface area contributed by atoms with E-state index in [1.807, 2.05) is 0 Å². The molecule has 0 radical (unpaired) electrons. The van der Waals surface area contributed by atoms with E-state index in [2.05, 4.69) is 44.7 Å². The minimum absolute atomic E-state index is 0.109. The van der Waals surface area contributed by atoms with E-state index in [9.17, 15) is 8.42 Å². The number of sulfonamides is 1. The maximum atomic E-state index is 12.3. The first-order valence-electron chi connectivity index (χ1n) is 6.18. The standard InChI is InChI=1S/C12H15BrN4O2S2/c1-7(2)5-11-15-16-12(20-11)17-21(18,19)10-4-3-8(14)6-9(10)13/h3-4,6-7H,5,14H2,1-2H3,(H,16,17). The Balaban J connectivity index is 2.23. The number of nitrogen functional groups attached to an aromatic ring is 1. The van der Waals surface area contributed by atoms with Gasteiger partial charge in [-0.3, -0.25) is 4.72 Å². The second kappa shape index (κ2) is 6.29. The summed E-state index contributed by atoms with van der Waals surface area (Å²) in [7, 11) is -3.72. The van der Waals surface area contributed by atoms with Gasteiger partial charge in [-0.05, 0) is 40.0 Å². The summed E-state index contributed by atoms with van der Waals surface area (Å²) in [5.41, 5.74) is 6.09. The van der Waals surface area contributed by atoms with Gasteiger partial charge in [0.2, 0.25) is 5.13 Å². The predicted molar refractivity (Wildman–Crippen MR) is 87.8 cm³/mol. The number of hydrogen-bond acceptors (Lipinski definition) is 6. The van der Waals surface area contributed by atoms with Crippen LogP contribution in [0.25, 0.3) is 0 Å². The number of aromatic nitrogens is 2. The highest BCUT2D eigenvalue weighted by Gasteiger charge is 2.20. The van der Waals surface area contributed by atoms with E-state index < -0.39 is 10.0 Å². The van der Waals surface area contributed by atoms with Gasteiger partial charge in [0, 0.05) is 16.6 Å². The Morgan fingerprint density at radius 1 is 1.38 bits per heavy atom. The summed E-state index contributed by atoms with van der Waals surface area (Å²) < 4.78 is 27.5. The summed E-state index contributed by atoms with van der Waals surface area (Å²) in [4.78, 5) is 0.109. The molecule has 9 heteroatoms. The van der Waals surface area contributed by atoms with E-state index >= 15 is 0 Å². The number of rotatable bonds is 5. The molecule has 0 saturated heterocycles. The van der Waals surface area contributed by atoms with Crippen LogP contribution in [0, 0.1) is 5.92 Å². The second-order valence-electron chi connectivity index (χ2n) is 4.89. The van der Waals surface area contributed by atoms with E-state index in [0.717, 1.165) is 11.4 Å². The summed E-state index contributed by atoms with van der Waals surface area (Å²) in [5, 5.41) is 8.91. The van der Waals surface area contributed by atoms with Crippen LogP contribution in [-0.2, 0) is 16.4 Å². The highest BCUT2D eigenvalue weighted by atomic mass is 79.9. The van der Waals surface area contributed by atoms with Crippen molar-refractivity contribution in [2.24, 2.45) is 5.92 Å². The van der Waals surface area contributed by atoms with Gasteiger partial charge >= 0.3 is 0 Å². The van der Waals surface area contributed by atoms with Crippen LogP contribution in [0.1, 0.15) is 18.9 Å². The van der Waals surface area contributed by atoms with Crippen molar-refractivity contribution < 1.29 is 8.42 Å². The lowest BCUT2D eigenvalue weighted by atomic mass is 10.1. The molecule has 0 aliphatic heterocycles. The Kier molecular flexibility index (Phi) is 4.84. The van der Waals surface area contributed by atoms with Crippen molar-refractivity contribution in [2.45, 2.75) is 25.2 Å². The van der Waals surface area contributed by atoms with Crippen molar-refractivity contribution >= 4 is 48.1 Å². The molecule has 0 unspecified atom stereocenters. The highest BCUT2D eigenvalue weighted by molar-refractivity contribution is 9.10. The van der Waals surface area contributed by atoms with Gasteiger partial charge in [0.25, 0.3) is 10.0 Å². The quantitative estimate of drug-likeness (QED) is 0.764. The number of benzene rings is 1. The van der Waals surface area contributed by atoms with Crippen molar-refractivity contribution in [1.29, 1.82) is 0 Å². The SMILES string of the molecule is CC(C)Cc1nnc(NS(=O)(=O)c2ccc(N)cc2Br)s1. The highest BCUT2D eigenvalue weighted by Crippen LogP contribution is 2.27. The molecule has 114 valence electrons. The molecule has 0 fully saturated rings. The molecule has 6 nitrogen and oxygen atoms in total. The van der Waals surface area contributed by atoms with Gasteiger partial charge in [0.1, 0.15) is 9.90 Å². The van der Waals surface area contributed by atoms with Gasteiger partial charge in [0.15, 0.2) is 0 Å². The number of hydrogen-bond donors (Lipinski definition) is 2. The Morgan fingerprint density at radius 2 is 2.10 bits per heavy atom. The number of nitrogens with two attached hydrogens (primary N) is 1. The van der Waals surface area contributed by atoms with Crippen LogP contribution < -0.4 is 10.5 Å². The molecular formula is C12H15BrN4O2S2. The van der Waals surface area contributed by atoms with Crippen LogP contribution in [-0.4, -0.2) is 18.6 Å². The van der Waals surface area contributed by atoms with Crippen molar-refractivity contribution in [3.05, 3.63) is 27.7 Å². The molecule has 0 atom stereocenters. The number of halogens is 1. The fourth-order valence-corrected chi connectivity index (χ4v) is 4.91. The monoisotopic (exact) mass is 390 g/mol. The third kappa shape index (κ3) is 4.14. The van der Waals surface area contributed by atoms with Gasteiger partial charge < -0.3 is 5.73 Å². The van der Waals surface area contributed by atoms with Crippen LogP contribution in [0.3, 0.4) is 0 Å². The zero-order chi connectivity index (χ0) is 15.6. The molecule has 2 aromatic rings. The number of anilines is 2. The minimum atomic E-state index is -3.72. The molecule has 0 aliphatic rings. The Morgan fingerprint density at radius 3 is 2.71 bits per heavy atom. The first-order valence-corrected chi connectivity index (χ1v) is 9.27. The van der Waals surface area contributed by atoms with E-state index in [1.165, 1.54) is 23.5 Å². The third-order valence-electron chi connectivity index (χ3n) is 2.52. The normalized spacial score (nSPS) is 11.8. The third-order valence-corrected chi connectivity index (χ3v) is 5.82. The molecule has 1 aromatic carbocycles. The second-order valence-corrected chi connectivity index (χ2v) is 8.46. The zero-order valence-corrected chi connectivity index (χ0v) is 14.7. The van der Waals surface area contributed by atoms with Crippen LogP contribution >= 0.6 is 27.3 Å². The molecule has 0 spiro atoms. The van der Waals surface area contributed by atoms with Crippen molar-refractivity contribution in [3.63, 3.8) is 0 Å². The number of nitrogens with one attached hydrogen (secondary N) is 1. The summed E-state index contributed by atoms with van der Waals surface area (Å²) in [5.74, 6) is 0.439. The molecule has 3 N–H and O–H groups in total. The van der Waals surface area contributed by atoms with Crippen molar-refractivity contribution in [3.8, 4) is 0 Å². The van der Waals surface area contributed by atoms with Crippen LogP contribution in [0.5, 0.6) is 0 Å². The molecule has 0 saturated carbocycles. The maximum Gasteiger partial charge on any atom is 0.264 e. The fraction of sp³-hybridized carbons (Fsp3) is 0.333. The zero-order valence-electron chi connectivity index (χ0n) is 11.5. The topological polar surface area (TPSA) is 98.0 Å². The smallest absolute Gasteiger partial charge is 0.264 e. The van der Waals surface area contributed by atoms with E-state index in [0.29, 0.717) is 16.1 Å². The van der Waals surface area contributed by atoms with E-state index in [4.69, 9.17) is 5.73 Å². The molecule has 21 heavy (non-hydrogen) atoms. The van der Waals surface area contributed by atoms with Crippen molar-refractivity contribution in [2.75, 3.05) is 10.5 Å². The van der Waals surface area contributed by atoms with Gasteiger partial charge in [-0.15, -0.1) is 10.2 Å². The Labute approximate surface area is 136 Å². The summed E-state index contributed by atoms with van der Waals surface area (Å²) in [6, 6.07) is 4.51. The Hall–Kier alpha value is -1.19. The van der Waals surface area contributed by atoms with Gasteiger partial charge in [0.05, 0.1) is 0 Å². The predicted octanol–water partition coefficient (Wildman–Crippen LogP) is 2.88. The van der Waals surface area contributed by atoms with Crippen LogP contribution in [0.2, 0.25) is 0 Å². The van der Waals surface area contributed by atoms with Gasteiger partial charge in [-0.2, -0.15) is 0 Å². The van der Waals surface area contributed by atoms with E-state index in [1.54, 1.807) is 6.07 Å². The first-order chi connectivity index (χ1) is 9.78. The largest absolute Gasteiger partial charge is 0.399 e. The fourth-order valence-electron chi connectivity index (χ4n) is 1.63. The van der Waals surface area contributed by atoms with Gasteiger partial charge in [-0.1, -0.05) is 25.2 Å². The van der Waals surface area contributed by atoms with Gasteiger partial charge in [-0.25, -0.2) is 8.42 Å². The summed E-state index contributed by atoms with van der Waals surface area (Å²) >= 11 is 4.44. The van der Waals surface area contributed by atoms with Crippen LogP contribution in [0.15, 0.2) is 27.6 Å². The lowest BCUT2D eigenvalue weighted by Crippen LogP contribution is -2.13. The van der Waals surface area contributed by atoms with Crippen LogP contribution in [0.4, 0.5) is 10.8 Å². The average Bonchev–Trinajstić information content (AvgIpc) is 2.73. The molecule has 2 rings (SSSR count). The Bertz CT molecular complexity index is 743. The number of nitrogens with zero attached hydrogens (tertiary/aromatic N) is 2. The molecule has 0 bridgehead atoms.